The van der Waals surface area contributed by atoms with Crippen molar-refractivity contribution in [2.75, 3.05) is 11.9 Å². The number of aromatic nitrogens is 3. The lowest BCUT2D eigenvalue weighted by atomic mass is 10.0. The van der Waals surface area contributed by atoms with Gasteiger partial charge in [-0.05, 0) is 11.6 Å². The molecule has 1 unspecified atom stereocenters. The number of hydrogen-bond donors (Lipinski definition) is 1. The number of nitrogens with zero attached hydrogens (tertiary/aromatic N) is 3. The summed E-state index contributed by atoms with van der Waals surface area (Å²) in [5.74, 6) is 2.66. The molecule has 2 heterocycles. The maximum absolute atomic E-state index is 4.70. The first-order chi connectivity index (χ1) is 8.66. The second-order valence-electron chi connectivity index (χ2n) is 5.13. The average Bonchev–Trinajstić information content (AvgIpc) is 2.92. The van der Waals surface area contributed by atoms with Crippen molar-refractivity contribution in [3.8, 4) is 0 Å². The Hall–Kier alpha value is -1.84. The molecule has 94 valence electrons. The molecule has 1 N–H and O–H groups in total. The van der Waals surface area contributed by atoms with Gasteiger partial charge < -0.3 is 5.32 Å². The summed E-state index contributed by atoms with van der Waals surface area (Å²) in [6.45, 7) is 5.16. The highest BCUT2D eigenvalue weighted by molar-refractivity contribution is 5.59. The first-order valence-electron chi connectivity index (χ1n) is 6.40. The number of aryl methyl sites for hydroxylation is 1. The van der Waals surface area contributed by atoms with Crippen LogP contribution in [0.3, 0.4) is 0 Å². The third-order valence-electron chi connectivity index (χ3n) is 3.47. The molecule has 0 saturated heterocycles. The molecule has 0 aliphatic carbocycles. The minimum Gasteiger partial charge on any atom is -0.384 e. The summed E-state index contributed by atoms with van der Waals surface area (Å²) in [7, 11) is 1.98. The van der Waals surface area contributed by atoms with Crippen molar-refractivity contribution in [3.05, 3.63) is 41.5 Å². The van der Waals surface area contributed by atoms with Gasteiger partial charge in [0.2, 0.25) is 0 Å². The van der Waals surface area contributed by atoms with Crippen LogP contribution in [-0.4, -0.2) is 21.3 Å². The van der Waals surface area contributed by atoms with E-state index in [1.165, 1.54) is 11.3 Å². The SMILES string of the molecule is CC(C)c1nc(C2CNc3ccccc32)n(C)n1. The third-order valence-corrected chi connectivity index (χ3v) is 3.47. The third kappa shape index (κ3) is 1.68. The highest BCUT2D eigenvalue weighted by Gasteiger charge is 2.27. The summed E-state index contributed by atoms with van der Waals surface area (Å²) in [6.07, 6.45) is 0. The van der Waals surface area contributed by atoms with Crippen molar-refractivity contribution >= 4 is 5.69 Å². The number of anilines is 1. The van der Waals surface area contributed by atoms with Crippen molar-refractivity contribution in [1.29, 1.82) is 0 Å². The van der Waals surface area contributed by atoms with E-state index < -0.39 is 0 Å². The normalized spacial score (nSPS) is 17.9. The Morgan fingerprint density at radius 3 is 2.83 bits per heavy atom. The van der Waals surface area contributed by atoms with Crippen LogP contribution in [0.15, 0.2) is 24.3 Å². The van der Waals surface area contributed by atoms with E-state index in [2.05, 4.69) is 48.5 Å². The van der Waals surface area contributed by atoms with Gasteiger partial charge in [0, 0.05) is 25.2 Å². The van der Waals surface area contributed by atoms with Gasteiger partial charge in [-0.25, -0.2) is 4.98 Å². The van der Waals surface area contributed by atoms with Crippen LogP contribution in [0.25, 0.3) is 0 Å². The Morgan fingerprint density at radius 1 is 1.33 bits per heavy atom. The van der Waals surface area contributed by atoms with Gasteiger partial charge in [0.25, 0.3) is 0 Å². The molecule has 18 heavy (non-hydrogen) atoms. The first-order valence-corrected chi connectivity index (χ1v) is 6.40. The van der Waals surface area contributed by atoms with Gasteiger partial charge in [-0.15, -0.1) is 0 Å². The van der Waals surface area contributed by atoms with Gasteiger partial charge in [-0.2, -0.15) is 5.10 Å². The summed E-state index contributed by atoms with van der Waals surface area (Å²) >= 11 is 0. The highest BCUT2D eigenvalue weighted by atomic mass is 15.3. The fourth-order valence-corrected chi connectivity index (χ4v) is 2.48. The lowest BCUT2D eigenvalue weighted by Gasteiger charge is -2.08. The molecule has 1 atom stereocenters. The lowest BCUT2D eigenvalue weighted by molar-refractivity contribution is 0.660. The Bertz CT molecular complexity index is 571. The second kappa shape index (κ2) is 4.12. The van der Waals surface area contributed by atoms with E-state index in [-0.39, 0.29) is 0 Å². The number of nitrogens with one attached hydrogen (secondary N) is 1. The molecule has 0 bridgehead atoms. The molecule has 3 rings (SSSR count). The van der Waals surface area contributed by atoms with E-state index in [9.17, 15) is 0 Å². The molecule has 0 saturated carbocycles. The Labute approximate surface area is 107 Å². The van der Waals surface area contributed by atoms with Crippen molar-refractivity contribution in [2.45, 2.75) is 25.7 Å². The monoisotopic (exact) mass is 242 g/mol. The molecule has 4 heteroatoms. The maximum atomic E-state index is 4.70. The van der Waals surface area contributed by atoms with E-state index in [1.54, 1.807) is 0 Å². The number of hydrogen-bond acceptors (Lipinski definition) is 3. The van der Waals surface area contributed by atoms with Crippen LogP contribution in [0.4, 0.5) is 5.69 Å². The zero-order chi connectivity index (χ0) is 12.7. The first kappa shape index (κ1) is 11.3. The largest absolute Gasteiger partial charge is 0.384 e. The minimum absolute atomic E-state index is 0.311. The molecule has 1 aromatic heterocycles. The minimum atomic E-state index is 0.311. The van der Waals surface area contributed by atoms with E-state index in [4.69, 9.17) is 4.98 Å². The predicted molar refractivity (Wildman–Crippen MR) is 71.9 cm³/mol. The summed E-state index contributed by atoms with van der Waals surface area (Å²) in [5.41, 5.74) is 2.54. The molecule has 1 aromatic carbocycles. The summed E-state index contributed by atoms with van der Waals surface area (Å²) in [6, 6.07) is 8.43. The van der Waals surface area contributed by atoms with Gasteiger partial charge in [-0.3, -0.25) is 4.68 Å². The predicted octanol–water partition coefficient (Wildman–Crippen LogP) is 2.50. The van der Waals surface area contributed by atoms with E-state index in [0.717, 1.165) is 18.2 Å². The smallest absolute Gasteiger partial charge is 0.153 e. The quantitative estimate of drug-likeness (QED) is 0.879. The maximum Gasteiger partial charge on any atom is 0.153 e. The van der Waals surface area contributed by atoms with Gasteiger partial charge in [0.05, 0.1) is 5.92 Å². The number of benzene rings is 1. The molecule has 4 nitrogen and oxygen atoms in total. The summed E-state index contributed by atoms with van der Waals surface area (Å²) in [4.78, 5) is 4.70. The Morgan fingerprint density at radius 2 is 2.11 bits per heavy atom. The van der Waals surface area contributed by atoms with E-state index >= 15 is 0 Å². The Kier molecular flexibility index (Phi) is 2.58. The van der Waals surface area contributed by atoms with Crippen LogP contribution in [0.5, 0.6) is 0 Å². The molecule has 1 aliphatic heterocycles. The average molecular weight is 242 g/mol. The van der Waals surface area contributed by atoms with Crippen LogP contribution in [0, 0.1) is 0 Å². The van der Waals surface area contributed by atoms with Crippen molar-refractivity contribution in [3.63, 3.8) is 0 Å². The number of para-hydroxylation sites is 1. The van der Waals surface area contributed by atoms with Crippen molar-refractivity contribution < 1.29 is 0 Å². The summed E-state index contributed by atoms with van der Waals surface area (Å²) < 4.78 is 1.92. The molecule has 0 radical (unpaired) electrons. The lowest BCUT2D eigenvalue weighted by Crippen LogP contribution is -2.10. The Balaban J connectivity index is 2.02. The number of fused-ring (bicyclic) bond motifs is 1. The van der Waals surface area contributed by atoms with Crippen LogP contribution in [0.2, 0.25) is 0 Å². The van der Waals surface area contributed by atoms with Gasteiger partial charge in [-0.1, -0.05) is 32.0 Å². The fraction of sp³-hybridized carbons (Fsp3) is 0.429. The standard InChI is InChI=1S/C14H18N4/c1-9(2)13-16-14(18(3)17-13)11-8-15-12-7-5-4-6-10(11)12/h4-7,9,11,15H,8H2,1-3H3. The van der Waals surface area contributed by atoms with Gasteiger partial charge >= 0.3 is 0 Å². The van der Waals surface area contributed by atoms with Crippen molar-refractivity contribution in [2.24, 2.45) is 7.05 Å². The van der Waals surface area contributed by atoms with Crippen LogP contribution in [-0.2, 0) is 7.05 Å². The highest BCUT2D eigenvalue weighted by Crippen LogP contribution is 2.35. The van der Waals surface area contributed by atoms with Gasteiger partial charge in [0.15, 0.2) is 5.82 Å². The van der Waals surface area contributed by atoms with Crippen molar-refractivity contribution in [1.82, 2.24) is 14.8 Å². The zero-order valence-corrected chi connectivity index (χ0v) is 11.0. The molecule has 0 amide bonds. The van der Waals surface area contributed by atoms with Gasteiger partial charge in [0.1, 0.15) is 5.82 Å². The second-order valence-corrected chi connectivity index (χ2v) is 5.13. The zero-order valence-electron chi connectivity index (χ0n) is 11.0. The molecule has 0 fully saturated rings. The van der Waals surface area contributed by atoms with E-state index in [1.807, 2.05) is 11.7 Å². The number of rotatable bonds is 2. The molecular weight excluding hydrogens is 224 g/mol. The molecular formula is C14H18N4. The van der Waals surface area contributed by atoms with Crippen LogP contribution >= 0.6 is 0 Å². The van der Waals surface area contributed by atoms with Crippen LogP contribution < -0.4 is 5.32 Å². The topological polar surface area (TPSA) is 42.7 Å². The molecule has 2 aromatic rings. The molecule has 1 aliphatic rings. The van der Waals surface area contributed by atoms with Crippen LogP contribution in [0.1, 0.15) is 42.9 Å². The van der Waals surface area contributed by atoms with E-state index in [0.29, 0.717) is 11.8 Å². The fourth-order valence-electron chi connectivity index (χ4n) is 2.48. The molecule has 0 spiro atoms. The summed E-state index contributed by atoms with van der Waals surface area (Å²) in [5, 5.41) is 7.94.